The first-order chi connectivity index (χ1) is 13.3. The molecule has 3 aromatic heterocycles. The number of anilines is 2. The van der Waals surface area contributed by atoms with Gasteiger partial charge < -0.3 is 9.64 Å². The fourth-order valence-corrected chi connectivity index (χ4v) is 4.03. The van der Waals surface area contributed by atoms with Gasteiger partial charge in [-0.1, -0.05) is 0 Å². The number of aromatic nitrogens is 4. The second kappa shape index (κ2) is 6.51. The van der Waals surface area contributed by atoms with Crippen molar-refractivity contribution in [1.82, 2.24) is 19.7 Å². The standard InChI is InChI=1S/C20H17N5OS/c1-26-15-4-2-14(3-5-15)24-11-7-16-18(6-9-21-19(16)24)25-12-8-17(23-25)20-22-10-13-27-20/h2-6,8-10,12-13H,7,11H2,1H3. The van der Waals surface area contributed by atoms with E-state index in [0.717, 1.165) is 46.6 Å². The van der Waals surface area contributed by atoms with Crippen molar-refractivity contribution in [2.75, 3.05) is 18.6 Å². The monoisotopic (exact) mass is 375 g/mol. The van der Waals surface area contributed by atoms with Gasteiger partial charge in [0, 0.05) is 41.8 Å². The molecular weight excluding hydrogens is 358 g/mol. The van der Waals surface area contributed by atoms with Crippen LogP contribution in [0.15, 0.2) is 60.4 Å². The van der Waals surface area contributed by atoms with Crippen molar-refractivity contribution in [1.29, 1.82) is 0 Å². The number of fused-ring (bicyclic) bond motifs is 1. The number of methoxy groups -OCH3 is 1. The van der Waals surface area contributed by atoms with E-state index in [2.05, 4.69) is 27.0 Å². The van der Waals surface area contributed by atoms with Crippen LogP contribution >= 0.6 is 11.3 Å². The lowest BCUT2D eigenvalue weighted by Crippen LogP contribution is -2.14. The number of rotatable bonds is 4. The predicted molar refractivity (Wildman–Crippen MR) is 106 cm³/mol. The maximum Gasteiger partial charge on any atom is 0.143 e. The number of hydrogen-bond acceptors (Lipinski definition) is 6. The van der Waals surface area contributed by atoms with Crippen molar-refractivity contribution in [3.05, 3.63) is 65.9 Å². The molecular formula is C20H17N5OS. The molecule has 7 heteroatoms. The Bertz CT molecular complexity index is 1070. The van der Waals surface area contributed by atoms with Crippen LogP contribution in [0.5, 0.6) is 5.75 Å². The van der Waals surface area contributed by atoms with E-state index in [1.54, 1.807) is 24.6 Å². The van der Waals surface area contributed by atoms with E-state index in [4.69, 9.17) is 9.84 Å². The quantitative estimate of drug-likeness (QED) is 0.538. The van der Waals surface area contributed by atoms with Crippen LogP contribution in [0.2, 0.25) is 0 Å². The Morgan fingerprint density at radius 2 is 1.93 bits per heavy atom. The van der Waals surface area contributed by atoms with Gasteiger partial charge in [0.1, 0.15) is 22.3 Å². The number of thiazole rings is 1. The Morgan fingerprint density at radius 3 is 2.70 bits per heavy atom. The smallest absolute Gasteiger partial charge is 0.143 e. The molecule has 4 heterocycles. The Hall–Kier alpha value is -3.19. The van der Waals surface area contributed by atoms with Crippen LogP contribution in [0.3, 0.4) is 0 Å². The van der Waals surface area contributed by atoms with Gasteiger partial charge >= 0.3 is 0 Å². The SMILES string of the molecule is COc1ccc(N2CCc3c(-n4ccc(-c5nccs5)n4)ccnc32)cc1. The van der Waals surface area contributed by atoms with E-state index in [1.165, 1.54) is 5.56 Å². The van der Waals surface area contributed by atoms with Gasteiger partial charge in [0.2, 0.25) is 0 Å². The summed E-state index contributed by atoms with van der Waals surface area (Å²) in [7, 11) is 1.68. The molecule has 1 aromatic carbocycles. The van der Waals surface area contributed by atoms with Crippen LogP contribution in [0, 0.1) is 0 Å². The molecule has 134 valence electrons. The van der Waals surface area contributed by atoms with Gasteiger partial charge in [0.05, 0.1) is 12.8 Å². The van der Waals surface area contributed by atoms with Crippen LogP contribution < -0.4 is 9.64 Å². The van der Waals surface area contributed by atoms with Gasteiger partial charge in [-0.15, -0.1) is 11.3 Å². The summed E-state index contributed by atoms with van der Waals surface area (Å²) in [6.45, 7) is 0.895. The van der Waals surface area contributed by atoms with E-state index >= 15 is 0 Å². The topological polar surface area (TPSA) is 56.1 Å². The van der Waals surface area contributed by atoms with Gasteiger partial charge in [0.15, 0.2) is 0 Å². The molecule has 1 aliphatic rings. The fraction of sp³-hybridized carbons (Fsp3) is 0.150. The van der Waals surface area contributed by atoms with Gasteiger partial charge in [-0.2, -0.15) is 5.10 Å². The number of hydrogen-bond donors (Lipinski definition) is 0. The lowest BCUT2D eigenvalue weighted by Gasteiger charge is -2.19. The average molecular weight is 375 g/mol. The van der Waals surface area contributed by atoms with Gasteiger partial charge in [-0.3, -0.25) is 0 Å². The highest BCUT2D eigenvalue weighted by atomic mass is 32.1. The molecule has 0 N–H and O–H groups in total. The van der Waals surface area contributed by atoms with Crippen LogP contribution in [0.1, 0.15) is 5.56 Å². The summed E-state index contributed by atoms with van der Waals surface area (Å²) in [5.74, 6) is 1.84. The summed E-state index contributed by atoms with van der Waals surface area (Å²) in [4.78, 5) is 11.2. The molecule has 0 bridgehead atoms. The minimum absolute atomic E-state index is 0.853. The highest BCUT2D eigenvalue weighted by molar-refractivity contribution is 7.13. The first-order valence-electron chi connectivity index (χ1n) is 8.69. The molecule has 0 saturated carbocycles. The van der Waals surface area contributed by atoms with Crippen molar-refractivity contribution >= 4 is 22.8 Å². The van der Waals surface area contributed by atoms with Crippen LogP contribution in [0.25, 0.3) is 16.4 Å². The maximum absolute atomic E-state index is 5.26. The average Bonchev–Trinajstić information content (AvgIpc) is 3.47. The summed E-state index contributed by atoms with van der Waals surface area (Å²) >= 11 is 1.59. The Labute approximate surface area is 160 Å². The number of nitrogens with zero attached hydrogens (tertiary/aromatic N) is 5. The predicted octanol–water partition coefficient (Wildman–Crippen LogP) is 4.09. The number of ether oxygens (including phenoxy) is 1. The molecule has 0 spiro atoms. The van der Waals surface area contributed by atoms with Crippen LogP contribution in [-0.4, -0.2) is 33.4 Å². The van der Waals surface area contributed by atoms with Gasteiger partial charge in [-0.05, 0) is 42.8 Å². The molecule has 0 atom stereocenters. The molecule has 0 aliphatic carbocycles. The van der Waals surface area contributed by atoms with Crippen molar-refractivity contribution < 1.29 is 4.74 Å². The number of pyridine rings is 1. The normalized spacial score (nSPS) is 13.0. The van der Waals surface area contributed by atoms with Gasteiger partial charge in [-0.25, -0.2) is 14.6 Å². The molecule has 6 nitrogen and oxygen atoms in total. The summed E-state index contributed by atoms with van der Waals surface area (Å²) < 4.78 is 7.19. The Balaban J connectivity index is 1.51. The Kier molecular flexibility index (Phi) is 3.86. The first-order valence-corrected chi connectivity index (χ1v) is 9.57. The van der Waals surface area contributed by atoms with E-state index < -0.39 is 0 Å². The highest BCUT2D eigenvalue weighted by Crippen LogP contribution is 2.36. The van der Waals surface area contributed by atoms with E-state index in [1.807, 2.05) is 46.7 Å². The van der Waals surface area contributed by atoms with E-state index in [9.17, 15) is 0 Å². The van der Waals surface area contributed by atoms with Gasteiger partial charge in [0.25, 0.3) is 0 Å². The Morgan fingerprint density at radius 1 is 1.04 bits per heavy atom. The van der Waals surface area contributed by atoms with E-state index in [0.29, 0.717) is 0 Å². The first kappa shape index (κ1) is 16.0. The molecule has 27 heavy (non-hydrogen) atoms. The molecule has 0 radical (unpaired) electrons. The zero-order valence-electron chi connectivity index (χ0n) is 14.7. The maximum atomic E-state index is 5.26. The largest absolute Gasteiger partial charge is 0.497 e. The van der Waals surface area contributed by atoms with Crippen molar-refractivity contribution in [2.45, 2.75) is 6.42 Å². The third kappa shape index (κ3) is 2.76. The second-order valence-corrected chi connectivity index (χ2v) is 7.11. The molecule has 0 saturated heterocycles. The van der Waals surface area contributed by atoms with Crippen LogP contribution in [0.4, 0.5) is 11.5 Å². The minimum Gasteiger partial charge on any atom is -0.497 e. The van der Waals surface area contributed by atoms with Crippen molar-refractivity contribution in [2.24, 2.45) is 0 Å². The molecule has 0 unspecified atom stereocenters. The van der Waals surface area contributed by atoms with Crippen molar-refractivity contribution in [3.8, 4) is 22.1 Å². The molecule has 5 rings (SSSR count). The lowest BCUT2D eigenvalue weighted by molar-refractivity contribution is 0.415. The fourth-order valence-electron chi connectivity index (χ4n) is 3.42. The van der Waals surface area contributed by atoms with Crippen LogP contribution in [-0.2, 0) is 6.42 Å². The zero-order chi connectivity index (χ0) is 18.2. The van der Waals surface area contributed by atoms with E-state index in [-0.39, 0.29) is 0 Å². The summed E-state index contributed by atoms with van der Waals surface area (Å²) in [6, 6.07) is 12.1. The molecule has 0 fully saturated rings. The summed E-state index contributed by atoms with van der Waals surface area (Å²) in [6.07, 6.45) is 6.57. The third-order valence-corrected chi connectivity index (χ3v) is 5.52. The second-order valence-electron chi connectivity index (χ2n) is 6.21. The third-order valence-electron chi connectivity index (χ3n) is 4.72. The summed E-state index contributed by atoms with van der Waals surface area (Å²) in [5, 5.41) is 7.62. The number of benzene rings is 1. The minimum atomic E-state index is 0.853. The van der Waals surface area contributed by atoms with Crippen molar-refractivity contribution in [3.63, 3.8) is 0 Å². The molecule has 0 amide bonds. The highest BCUT2D eigenvalue weighted by Gasteiger charge is 2.25. The molecule has 4 aromatic rings. The lowest BCUT2D eigenvalue weighted by atomic mass is 10.2. The zero-order valence-corrected chi connectivity index (χ0v) is 15.6. The molecule has 1 aliphatic heterocycles. The summed E-state index contributed by atoms with van der Waals surface area (Å²) in [5.41, 5.74) is 4.28.